The summed E-state index contributed by atoms with van der Waals surface area (Å²) in [4.78, 5) is 41.6. The Morgan fingerprint density at radius 1 is 1.30 bits per heavy atom. The normalized spacial score (nSPS) is 10.8. The summed E-state index contributed by atoms with van der Waals surface area (Å²) >= 11 is 1.03. The third-order valence-electron chi connectivity index (χ3n) is 3.98. The molecule has 9 heteroatoms. The van der Waals surface area contributed by atoms with E-state index in [1.165, 1.54) is 23.1 Å². The molecule has 2 heterocycles. The number of aromatic amines is 1. The zero-order chi connectivity index (χ0) is 19.9. The van der Waals surface area contributed by atoms with Crippen LogP contribution in [0.25, 0.3) is 10.2 Å². The van der Waals surface area contributed by atoms with Gasteiger partial charge >= 0.3 is 0 Å². The minimum Gasteiger partial charge on any atom is -0.506 e. The molecular formula is C18H16FN3O4S. The minimum absolute atomic E-state index is 0.143. The Morgan fingerprint density at radius 3 is 2.63 bits per heavy atom. The van der Waals surface area contributed by atoms with Crippen molar-refractivity contribution in [3.63, 3.8) is 0 Å². The van der Waals surface area contributed by atoms with Gasteiger partial charge in [0.2, 0.25) is 0 Å². The summed E-state index contributed by atoms with van der Waals surface area (Å²) in [6, 6.07) is 5.16. The number of benzene rings is 1. The summed E-state index contributed by atoms with van der Waals surface area (Å²) in [6.07, 6.45) is 0. The van der Waals surface area contributed by atoms with Crippen LogP contribution >= 0.6 is 11.3 Å². The number of H-pyrrole nitrogens is 1. The topological polar surface area (TPSA) is 103 Å². The molecule has 2 aromatic heterocycles. The van der Waals surface area contributed by atoms with Crippen LogP contribution in [0.2, 0.25) is 0 Å². The number of amides is 2. The molecule has 2 amide bonds. The molecular weight excluding hydrogens is 373 g/mol. The number of rotatable bonds is 3. The number of aryl methyl sites for hydroxylation is 1. The second kappa shape index (κ2) is 6.84. The number of nitrogens with zero attached hydrogens (tertiary/aromatic N) is 1. The van der Waals surface area contributed by atoms with Gasteiger partial charge in [0.1, 0.15) is 22.0 Å². The molecule has 0 atom stereocenters. The van der Waals surface area contributed by atoms with Gasteiger partial charge in [-0.3, -0.25) is 14.4 Å². The summed E-state index contributed by atoms with van der Waals surface area (Å²) in [5, 5.41) is 13.2. The van der Waals surface area contributed by atoms with Gasteiger partial charge in [-0.05, 0) is 30.7 Å². The van der Waals surface area contributed by atoms with E-state index in [0.717, 1.165) is 17.4 Å². The van der Waals surface area contributed by atoms with Crippen molar-refractivity contribution >= 4 is 39.1 Å². The zero-order valence-electron chi connectivity index (χ0n) is 14.7. The van der Waals surface area contributed by atoms with Crippen LogP contribution in [0, 0.1) is 12.7 Å². The number of pyridine rings is 1. The smallest absolute Gasteiger partial charge is 0.265 e. The van der Waals surface area contributed by atoms with Crippen LogP contribution in [-0.4, -0.2) is 40.9 Å². The highest BCUT2D eigenvalue weighted by Crippen LogP contribution is 2.36. The lowest BCUT2D eigenvalue weighted by Crippen LogP contribution is -2.23. The van der Waals surface area contributed by atoms with E-state index < -0.39 is 28.6 Å². The number of thiophene rings is 1. The molecule has 0 saturated heterocycles. The van der Waals surface area contributed by atoms with E-state index in [-0.39, 0.29) is 17.0 Å². The average Bonchev–Trinajstić information content (AvgIpc) is 2.90. The maximum absolute atomic E-state index is 13.3. The molecule has 0 unspecified atom stereocenters. The fourth-order valence-corrected chi connectivity index (χ4v) is 3.89. The molecule has 0 saturated carbocycles. The molecule has 27 heavy (non-hydrogen) atoms. The summed E-state index contributed by atoms with van der Waals surface area (Å²) in [5.41, 5.74) is -0.706. The summed E-state index contributed by atoms with van der Waals surface area (Å²) in [7, 11) is 3.18. The van der Waals surface area contributed by atoms with Crippen molar-refractivity contribution in [2.75, 3.05) is 19.4 Å². The van der Waals surface area contributed by atoms with Crippen LogP contribution in [0.4, 0.5) is 10.1 Å². The largest absolute Gasteiger partial charge is 0.506 e. The molecule has 0 fully saturated rings. The Balaban J connectivity index is 2.11. The quantitative estimate of drug-likeness (QED) is 0.641. The number of hydrogen-bond acceptors (Lipinski definition) is 5. The molecule has 7 nitrogen and oxygen atoms in total. The Kier molecular flexibility index (Phi) is 4.71. The predicted molar refractivity (Wildman–Crippen MR) is 101 cm³/mol. The van der Waals surface area contributed by atoms with Crippen LogP contribution < -0.4 is 10.9 Å². The molecule has 3 N–H and O–H groups in total. The van der Waals surface area contributed by atoms with E-state index in [1.807, 2.05) is 0 Å². The van der Waals surface area contributed by atoms with E-state index in [1.54, 1.807) is 21.0 Å². The third-order valence-corrected chi connectivity index (χ3v) is 5.18. The van der Waals surface area contributed by atoms with E-state index >= 15 is 0 Å². The second-order valence-corrected chi connectivity index (χ2v) is 7.12. The van der Waals surface area contributed by atoms with Crippen LogP contribution in [0.5, 0.6) is 5.75 Å². The standard InChI is InChI=1S/C18H16FN3O4S/c1-8-11-13(23)12(15(24)20-10-6-4-5-9(19)7-10)16(25)21-17(11)27-14(8)18(26)22(2)3/h4-7H,1-3H3,(H,20,24)(H2,21,23,25). The summed E-state index contributed by atoms with van der Waals surface area (Å²) in [6.45, 7) is 1.63. The number of aromatic nitrogens is 1. The van der Waals surface area contributed by atoms with Crippen LogP contribution in [0.1, 0.15) is 25.6 Å². The molecule has 0 radical (unpaired) electrons. The number of aromatic hydroxyl groups is 1. The summed E-state index contributed by atoms with van der Waals surface area (Å²) < 4.78 is 13.3. The molecule has 1 aromatic carbocycles. The first-order valence-corrected chi connectivity index (χ1v) is 8.69. The molecule has 0 bridgehead atoms. The zero-order valence-corrected chi connectivity index (χ0v) is 15.5. The molecule has 0 aliphatic carbocycles. The van der Waals surface area contributed by atoms with Gasteiger partial charge in [-0.1, -0.05) is 6.07 Å². The van der Waals surface area contributed by atoms with Gasteiger partial charge in [0.05, 0.1) is 10.3 Å². The first-order chi connectivity index (χ1) is 12.7. The maximum atomic E-state index is 13.3. The third kappa shape index (κ3) is 3.28. The number of anilines is 1. The molecule has 0 spiro atoms. The molecule has 0 aliphatic heterocycles. The fraction of sp³-hybridized carbons (Fsp3) is 0.167. The molecule has 0 aliphatic rings. The maximum Gasteiger partial charge on any atom is 0.265 e. The van der Waals surface area contributed by atoms with E-state index in [4.69, 9.17) is 0 Å². The number of halogens is 1. The van der Waals surface area contributed by atoms with Gasteiger partial charge in [0.25, 0.3) is 17.4 Å². The first-order valence-electron chi connectivity index (χ1n) is 7.87. The number of fused-ring (bicyclic) bond motifs is 1. The number of hydrogen-bond donors (Lipinski definition) is 3. The van der Waals surface area contributed by atoms with Crippen molar-refractivity contribution in [1.29, 1.82) is 0 Å². The number of carbonyl (C=O) groups excluding carboxylic acids is 2. The lowest BCUT2D eigenvalue weighted by molar-refractivity contribution is 0.0831. The highest BCUT2D eigenvalue weighted by molar-refractivity contribution is 7.20. The van der Waals surface area contributed by atoms with Crippen molar-refractivity contribution < 1.29 is 19.1 Å². The Morgan fingerprint density at radius 2 is 2.00 bits per heavy atom. The van der Waals surface area contributed by atoms with Gasteiger partial charge in [-0.2, -0.15) is 0 Å². The van der Waals surface area contributed by atoms with E-state index in [2.05, 4.69) is 10.3 Å². The van der Waals surface area contributed by atoms with E-state index in [9.17, 15) is 23.9 Å². The van der Waals surface area contributed by atoms with Crippen molar-refractivity contribution in [2.24, 2.45) is 0 Å². The highest BCUT2D eigenvalue weighted by Gasteiger charge is 2.25. The fourth-order valence-electron chi connectivity index (χ4n) is 2.66. The Hall–Kier alpha value is -3.20. The predicted octanol–water partition coefficient (Wildman–Crippen LogP) is 2.70. The summed E-state index contributed by atoms with van der Waals surface area (Å²) in [5.74, 6) is -2.23. The lowest BCUT2D eigenvalue weighted by Gasteiger charge is -2.09. The monoisotopic (exact) mass is 389 g/mol. The van der Waals surface area contributed by atoms with Gasteiger partial charge < -0.3 is 20.3 Å². The van der Waals surface area contributed by atoms with Gasteiger partial charge in [-0.15, -0.1) is 11.3 Å². The van der Waals surface area contributed by atoms with Gasteiger partial charge in [0.15, 0.2) is 0 Å². The van der Waals surface area contributed by atoms with Crippen LogP contribution in [-0.2, 0) is 0 Å². The molecule has 3 rings (SSSR count). The highest BCUT2D eigenvalue weighted by atomic mass is 32.1. The minimum atomic E-state index is -0.882. The van der Waals surface area contributed by atoms with Gasteiger partial charge in [-0.25, -0.2) is 4.39 Å². The first kappa shape index (κ1) is 18.6. The van der Waals surface area contributed by atoms with Crippen molar-refractivity contribution in [3.8, 4) is 5.75 Å². The van der Waals surface area contributed by atoms with Crippen LogP contribution in [0.3, 0.4) is 0 Å². The second-order valence-electron chi connectivity index (χ2n) is 6.10. The number of carbonyl (C=O) groups is 2. The van der Waals surface area contributed by atoms with Crippen molar-refractivity contribution in [3.05, 3.63) is 56.4 Å². The lowest BCUT2D eigenvalue weighted by atomic mass is 10.1. The molecule has 3 aromatic rings. The molecule has 140 valence electrons. The van der Waals surface area contributed by atoms with Crippen molar-refractivity contribution in [1.82, 2.24) is 9.88 Å². The SMILES string of the molecule is Cc1c(C(=O)N(C)C)sc2[nH]c(=O)c(C(=O)Nc3cccc(F)c3)c(O)c12. The Labute approximate surface area is 157 Å². The van der Waals surface area contributed by atoms with Crippen molar-refractivity contribution in [2.45, 2.75) is 6.92 Å². The van der Waals surface area contributed by atoms with Gasteiger partial charge in [0, 0.05) is 19.8 Å². The van der Waals surface area contributed by atoms with Crippen LogP contribution in [0.15, 0.2) is 29.1 Å². The number of nitrogens with one attached hydrogen (secondary N) is 2. The Bertz CT molecular complexity index is 1130. The average molecular weight is 389 g/mol. The van der Waals surface area contributed by atoms with E-state index in [0.29, 0.717) is 15.3 Å².